The largest absolute Gasteiger partial charge is 0.476 e. The summed E-state index contributed by atoms with van der Waals surface area (Å²) < 4.78 is 14.0. The van der Waals surface area contributed by atoms with E-state index in [1.807, 2.05) is 0 Å². The van der Waals surface area contributed by atoms with Crippen LogP contribution < -0.4 is 0 Å². The fourth-order valence-electron chi connectivity index (χ4n) is 1.30. The summed E-state index contributed by atoms with van der Waals surface area (Å²) >= 11 is 0. The van der Waals surface area contributed by atoms with Crippen LogP contribution in [-0.2, 0) is 0 Å². The lowest BCUT2D eigenvalue weighted by Gasteiger charge is -2.01. The van der Waals surface area contributed by atoms with Crippen molar-refractivity contribution >= 4 is 5.97 Å². The monoisotopic (exact) mass is 221 g/mol. The van der Waals surface area contributed by atoms with Gasteiger partial charge in [0, 0.05) is 5.69 Å². The van der Waals surface area contributed by atoms with Crippen LogP contribution in [0.5, 0.6) is 0 Å². The summed E-state index contributed by atoms with van der Waals surface area (Å²) in [5.41, 5.74) is 0.556. The van der Waals surface area contributed by atoms with Crippen LogP contribution in [0.2, 0.25) is 0 Å². The first kappa shape index (κ1) is 10.3. The lowest BCUT2D eigenvalue weighted by Crippen LogP contribution is -2.04. The van der Waals surface area contributed by atoms with Crippen molar-refractivity contribution in [2.24, 2.45) is 0 Å². The van der Waals surface area contributed by atoms with Gasteiger partial charge in [0.25, 0.3) is 0 Å². The predicted molar refractivity (Wildman–Crippen MR) is 53.0 cm³/mol. The lowest BCUT2D eigenvalue weighted by molar-refractivity contribution is 0.0690. The molecular formula is C10H8FN3O2. The second kappa shape index (κ2) is 3.73. The Kier molecular flexibility index (Phi) is 2.40. The Morgan fingerprint density at radius 1 is 1.50 bits per heavy atom. The van der Waals surface area contributed by atoms with E-state index in [0.29, 0.717) is 11.5 Å². The maximum atomic E-state index is 12.7. The van der Waals surface area contributed by atoms with E-state index in [2.05, 4.69) is 10.1 Å². The van der Waals surface area contributed by atoms with E-state index in [1.54, 1.807) is 6.92 Å². The van der Waals surface area contributed by atoms with Crippen molar-refractivity contribution in [3.05, 3.63) is 41.6 Å². The summed E-state index contributed by atoms with van der Waals surface area (Å²) in [6, 6.07) is 4.10. The van der Waals surface area contributed by atoms with Gasteiger partial charge >= 0.3 is 5.97 Å². The van der Waals surface area contributed by atoms with Gasteiger partial charge in [0.1, 0.15) is 5.82 Å². The highest BCUT2D eigenvalue weighted by Gasteiger charge is 2.12. The fraction of sp³-hybridized carbons (Fsp3) is 0.100. The maximum Gasteiger partial charge on any atom is 0.356 e. The normalized spacial score (nSPS) is 10.4. The third kappa shape index (κ3) is 1.77. The molecule has 0 spiro atoms. The third-order valence-electron chi connectivity index (χ3n) is 2.04. The van der Waals surface area contributed by atoms with Gasteiger partial charge in [0.15, 0.2) is 11.5 Å². The molecule has 0 fully saturated rings. The molecule has 2 aromatic rings. The SMILES string of the molecule is Cc1cc(C(=O)O)nn1-c1ccc(F)cn1. The van der Waals surface area contributed by atoms with Gasteiger partial charge in [-0.1, -0.05) is 0 Å². The van der Waals surface area contributed by atoms with Crippen molar-refractivity contribution in [1.82, 2.24) is 14.8 Å². The smallest absolute Gasteiger partial charge is 0.356 e. The summed E-state index contributed by atoms with van der Waals surface area (Å²) in [5.74, 6) is -1.18. The van der Waals surface area contributed by atoms with Crippen molar-refractivity contribution in [2.45, 2.75) is 6.92 Å². The molecule has 6 heteroatoms. The summed E-state index contributed by atoms with van der Waals surface area (Å²) in [6.45, 7) is 1.70. The molecule has 0 saturated carbocycles. The summed E-state index contributed by atoms with van der Waals surface area (Å²) in [4.78, 5) is 14.5. The van der Waals surface area contributed by atoms with Crippen molar-refractivity contribution in [2.75, 3.05) is 0 Å². The molecule has 0 amide bonds. The summed E-state index contributed by atoms with van der Waals surface area (Å²) in [7, 11) is 0. The van der Waals surface area contributed by atoms with E-state index in [-0.39, 0.29) is 5.69 Å². The molecule has 0 saturated heterocycles. The van der Waals surface area contributed by atoms with Crippen LogP contribution in [0.25, 0.3) is 5.82 Å². The standard InChI is InChI=1S/C10H8FN3O2/c1-6-4-8(10(15)16)13-14(6)9-3-2-7(11)5-12-9/h2-5H,1H3,(H,15,16). The number of carboxylic acid groups (broad SMARTS) is 1. The first-order valence-corrected chi connectivity index (χ1v) is 4.50. The zero-order valence-corrected chi connectivity index (χ0v) is 8.38. The third-order valence-corrected chi connectivity index (χ3v) is 2.04. The van der Waals surface area contributed by atoms with Crippen LogP contribution in [-0.4, -0.2) is 25.8 Å². The van der Waals surface area contributed by atoms with Gasteiger partial charge in [-0.05, 0) is 25.1 Å². The molecule has 0 unspecified atom stereocenters. The van der Waals surface area contributed by atoms with Gasteiger partial charge in [-0.15, -0.1) is 0 Å². The molecule has 2 heterocycles. The topological polar surface area (TPSA) is 68.0 Å². The first-order chi connectivity index (χ1) is 7.58. The van der Waals surface area contributed by atoms with Crippen molar-refractivity contribution in [3.63, 3.8) is 0 Å². The first-order valence-electron chi connectivity index (χ1n) is 4.50. The molecule has 1 N–H and O–H groups in total. The number of aromatic nitrogens is 3. The minimum atomic E-state index is -1.11. The number of carboxylic acids is 1. The van der Waals surface area contributed by atoms with Crippen LogP contribution in [0.1, 0.15) is 16.2 Å². The Morgan fingerprint density at radius 2 is 2.25 bits per heavy atom. The van der Waals surface area contributed by atoms with Gasteiger partial charge < -0.3 is 5.11 Å². The Hall–Kier alpha value is -2.24. The van der Waals surface area contributed by atoms with Crippen LogP contribution in [0.4, 0.5) is 4.39 Å². The van der Waals surface area contributed by atoms with E-state index >= 15 is 0 Å². The quantitative estimate of drug-likeness (QED) is 0.832. The Bertz CT molecular complexity index is 533. The Morgan fingerprint density at radius 3 is 2.75 bits per heavy atom. The van der Waals surface area contributed by atoms with Crippen LogP contribution in [0.3, 0.4) is 0 Å². The second-order valence-electron chi connectivity index (χ2n) is 3.22. The number of aryl methyl sites for hydroxylation is 1. The Labute approximate surface area is 90.2 Å². The minimum Gasteiger partial charge on any atom is -0.476 e. The van der Waals surface area contributed by atoms with Gasteiger partial charge in [0.05, 0.1) is 6.20 Å². The average molecular weight is 221 g/mol. The summed E-state index contributed by atoms with van der Waals surface area (Å²) in [6.07, 6.45) is 1.05. The highest BCUT2D eigenvalue weighted by atomic mass is 19.1. The molecule has 0 aromatic carbocycles. The molecule has 0 aliphatic rings. The lowest BCUT2D eigenvalue weighted by atomic mass is 10.4. The van der Waals surface area contributed by atoms with Gasteiger partial charge in [-0.3, -0.25) is 0 Å². The van der Waals surface area contributed by atoms with Gasteiger partial charge in [-0.2, -0.15) is 5.10 Å². The molecule has 0 bridgehead atoms. The molecule has 2 aromatic heterocycles. The van der Waals surface area contributed by atoms with Crippen LogP contribution >= 0.6 is 0 Å². The van der Waals surface area contributed by atoms with Crippen molar-refractivity contribution in [3.8, 4) is 5.82 Å². The number of aromatic carboxylic acids is 1. The number of carbonyl (C=O) groups is 1. The highest BCUT2D eigenvalue weighted by Crippen LogP contribution is 2.10. The Balaban J connectivity index is 2.47. The van der Waals surface area contributed by atoms with E-state index < -0.39 is 11.8 Å². The maximum absolute atomic E-state index is 12.7. The average Bonchev–Trinajstić information content (AvgIpc) is 2.62. The number of pyridine rings is 1. The van der Waals surface area contributed by atoms with E-state index in [4.69, 9.17) is 5.11 Å². The number of hydrogen-bond donors (Lipinski definition) is 1. The van der Waals surface area contributed by atoms with Crippen molar-refractivity contribution < 1.29 is 14.3 Å². The van der Waals surface area contributed by atoms with Gasteiger partial charge in [-0.25, -0.2) is 18.9 Å². The predicted octanol–water partition coefficient (Wildman–Crippen LogP) is 1.41. The zero-order valence-electron chi connectivity index (χ0n) is 8.38. The highest BCUT2D eigenvalue weighted by molar-refractivity contribution is 5.85. The van der Waals surface area contributed by atoms with E-state index in [0.717, 1.165) is 6.20 Å². The molecule has 0 aliphatic carbocycles. The van der Waals surface area contributed by atoms with Crippen molar-refractivity contribution in [1.29, 1.82) is 0 Å². The summed E-state index contributed by atoms with van der Waals surface area (Å²) in [5, 5.41) is 12.6. The molecule has 0 aliphatic heterocycles. The molecule has 0 radical (unpaired) electrons. The molecule has 5 nitrogen and oxygen atoms in total. The van der Waals surface area contributed by atoms with Crippen LogP contribution in [0.15, 0.2) is 24.4 Å². The number of rotatable bonds is 2. The van der Waals surface area contributed by atoms with E-state index in [1.165, 1.54) is 22.9 Å². The minimum absolute atomic E-state index is 0.0661. The molecule has 82 valence electrons. The van der Waals surface area contributed by atoms with E-state index in [9.17, 15) is 9.18 Å². The fourth-order valence-corrected chi connectivity index (χ4v) is 1.30. The molecular weight excluding hydrogens is 213 g/mol. The number of nitrogens with zero attached hydrogens (tertiary/aromatic N) is 3. The van der Waals surface area contributed by atoms with Gasteiger partial charge in [0.2, 0.25) is 0 Å². The number of halogens is 1. The second-order valence-corrected chi connectivity index (χ2v) is 3.22. The number of hydrogen-bond acceptors (Lipinski definition) is 3. The molecule has 16 heavy (non-hydrogen) atoms. The molecule has 0 atom stereocenters. The zero-order chi connectivity index (χ0) is 11.7. The molecule has 2 rings (SSSR count). The van der Waals surface area contributed by atoms with Crippen LogP contribution in [0, 0.1) is 12.7 Å².